The van der Waals surface area contributed by atoms with Gasteiger partial charge >= 0.3 is 11.9 Å². The Bertz CT molecular complexity index is 2420. The molecule has 2 aliphatic rings. The van der Waals surface area contributed by atoms with Crippen LogP contribution in [0.1, 0.15) is 89.3 Å². The summed E-state index contributed by atoms with van der Waals surface area (Å²) in [7, 11) is 2.62. The number of nitrogens with one attached hydrogen (secondary N) is 4. The molecule has 0 aliphatic carbocycles. The van der Waals surface area contributed by atoms with Gasteiger partial charge in [0.1, 0.15) is 60.4 Å². The number of rotatable bonds is 16. The third kappa shape index (κ3) is 15.3. The van der Waals surface area contributed by atoms with Crippen LogP contribution in [-0.2, 0) is 67.2 Å². The van der Waals surface area contributed by atoms with Crippen LogP contribution in [-0.4, -0.2) is 152 Å². The van der Waals surface area contributed by atoms with Crippen LogP contribution in [0.3, 0.4) is 0 Å². The van der Waals surface area contributed by atoms with Crippen LogP contribution in [0.5, 0.6) is 5.75 Å². The molecule has 20 heteroatoms. The maximum Gasteiger partial charge on any atom is 0.329 e. The molecular weight excluding hydrogens is 943 g/mol. The molecule has 394 valence electrons. The molecule has 3 aromatic rings. The number of cyclic esters (lactones) is 1. The number of carboxylic acid groups (broad SMARTS) is 1. The predicted molar refractivity (Wildman–Crippen MR) is 266 cm³/mol. The van der Waals surface area contributed by atoms with Gasteiger partial charge in [0.25, 0.3) is 0 Å². The first-order valence-electron chi connectivity index (χ1n) is 24.7. The summed E-state index contributed by atoms with van der Waals surface area (Å²) >= 11 is 0. The number of benzene rings is 3. The monoisotopic (exact) mass is 1010 g/mol. The molecule has 3 aromatic carbocycles. The first kappa shape index (κ1) is 56.6. The maximum absolute atomic E-state index is 15.1. The number of esters is 1. The zero-order chi connectivity index (χ0) is 53.5. The fourth-order valence-electron chi connectivity index (χ4n) is 8.97. The van der Waals surface area contributed by atoms with Crippen molar-refractivity contribution in [3.05, 3.63) is 102 Å². The van der Waals surface area contributed by atoms with Crippen LogP contribution in [0.2, 0.25) is 0 Å². The van der Waals surface area contributed by atoms with E-state index in [1.165, 1.54) is 33.2 Å². The van der Waals surface area contributed by atoms with Crippen LogP contribution in [0, 0.1) is 5.92 Å². The minimum Gasteiger partial charge on any atom is -0.508 e. The van der Waals surface area contributed by atoms with E-state index in [0.29, 0.717) is 29.5 Å². The Morgan fingerprint density at radius 3 is 1.81 bits per heavy atom. The van der Waals surface area contributed by atoms with Gasteiger partial charge in [0.15, 0.2) is 0 Å². The van der Waals surface area contributed by atoms with Gasteiger partial charge in [0.05, 0.1) is 6.42 Å². The van der Waals surface area contributed by atoms with Crippen molar-refractivity contribution < 1.29 is 63.2 Å². The smallest absolute Gasteiger partial charge is 0.329 e. The molecule has 0 aromatic heterocycles. The number of aliphatic hydroxyl groups excluding tert-OH is 1. The molecule has 2 saturated heterocycles. The molecule has 9 unspecified atom stereocenters. The summed E-state index contributed by atoms with van der Waals surface area (Å²) in [5.74, 6) is -9.26. The Morgan fingerprint density at radius 2 is 1.26 bits per heavy atom. The SMILES string of the molecule is CCCCCC(=O)NC(CC(=O)O)C(=O)NC1C(=O)N(C)C(Cc2ccccc2)C(=O)NC2CCC(O)N(C2=O)C(Cc2ccccc2)C(=O)N(C)C(Cc2ccc(O)cc2)C(=O)NC(C(C)C)C(=O)OC1C. The van der Waals surface area contributed by atoms with E-state index in [1.54, 1.807) is 86.6 Å². The zero-order valence-electron chi connectivity index (χ0n) is 42.2. The number of phenols is 1. The van der Waals surface area contributed by atoms with Crippen molar-refractivity contribution in [1.29, 1.82) is 0 Å². The second-order valence-electron chi connectivity index (χ2n) is 19.1. The van der Waals surface area contributed by atoms with Crippen molar-refractivity contribution in [2.75, 3.05) is 14.1 Å². The number of ether oxygens (including phenoxy) is 1. The molecule has 7 N–H and O–H groups in total. The lowest BCUT2D eigenvalue weighted by Gasteiger charge is -2.43. The molecule has 0 radical (unpaired) electrons. The average Bonchev–Trinajstić information content (AvgIpc) is 3.35. The Kier molecular flexibility index (Phi) is 20.4. The van der Waals surface area contributed by atoms with Gasteiger partial charge in [-0.15, -0.1) is 0 Å². The number of aromatic hydroxyl groups is 1. The van der Waals surface area contributed by atoms with E-state index in [-0.39, 0.29) is 44.3 Å². The molecule has 2 aliphatic heterocycles. The van der Waals surface area contributed by atoms with E-state index in [0.717, 1.165) is 21.1 Å². The topological polar surface area (TPSA) is 281 Å². The van der Waals surface area contributed by atoms with Crippen molar-refractivity contribution in [3.63, 3.8) is 0 Å². The second-order valence-corrected chi connectivity index (χ2v) is 19.1. The van der Waals surface area contributed by atoms with E-state index in [2.05, 4.69) is 21.3 Å². The lowest BCUT2D eigenvalue weighted by molar-refractivity contribution is -0.165. The Morgan fingerprint density at radius 1 is 0.726 bits per heavy atom. The van der Waals surface area contributed by atoms with E-state index < -0.39 is 120 Å². The van der Waals surface area contributed by atoms with Crippen LogP contribution in [0.15, 0.2) is 84.9 Å². The Labute approximate surface area is 425 Å². The highest BCUT2D eigenvalue weighted by molar-refractivity contribution is 5.99. The number of fused-ring (bicyclic) bond motifs is 2. The highest BCUT2D eigenvalue weighted by Gasteiger charge is 2.46. The molecule has 0 spiro atoms. The minimum absolute atomic E-state index is 0.0113. The number of piperidine rings is 1. The van der Waals surface area contributed by atoms with Crippen molar-refractivity contribution >= 4 is 53.3 Å². The summed E-state index contributed by atoms with van der Waals surface area (Å²) in [4.78, 5) is 131. The molecule has 2 fully saturated rings. The average molecular weight is 1010 g/mol. The van der Waals surface area contributed by atoms with Crippen LogP contribution < -0.4 is 21.3 Å². The highest BCUT2D eigenvalue weighted by Crippen LogP contribution is 2.26. The molecular formula is C53H69N7O13. The van der Waals surface area contributed by atoms with Gasteiger partial charge in [-0.05, 0) is 60.9 Å². The lowest BCUT2D eigenvalue weighted by Crippen LogP contribution is -2.65. The van der Waals surface area contributed by atoms with Gasteiger partial charge in [-0.2, -0.15) is 0 Å². The summed E-state index contributed by atoms with van der Waals surface area (Å²) in [6.45, 7) is 6.43. The fraction of sp³-hybridized carbons (Fsp3) is 0.491. The number of carbonyl (C=O) groups is 9. The van der Waals surface area contributed by atoms with Gasteiger partial charge in [0, 0.05) is 39.8 Å². The molecule has 9 atom stereocenters. The number of amides is 7. The summed E-state index contributed by atoms with van der Waals surface area (Å²) < 4.78 is 5.93. The van der Waals surface area contributed by atoms with Crippen molar-refractivity contribution in [2.45, 2.75) is 147 Å². The lowest BCUT2D eigenvalue weighted by atomic mass is 9.95. The Hall–Kier alpha value is -7.35. The first-order valence-corrected chi connectivity index (χ1v) is 24.7. The van der Waals surface area contributed by atoms with Crippen LogP contribution >= 0.6 is 0 Å². The minimum atomic E-state index is -1.85. The molecule has 5 rings (SSSR count). The molecule has 2 bridgehead atoms. The van der Waals surface area contributed by atoms with E-state index in [9.17, 15) is 48.9 Å². The standard InChI is InChI=1S/C53H69N7O13/c1-7-8-11-20-42(62)54-38(30-44(64)65)47(66)57-46-32(4)73-53(72)45(31(2)3)56-49(68)40(28-35-21-23-36(61)24-22-35)58(5)51(70)41(29-34-18-14-10-15-19-34)60-43(63)26-25-37(50(60)69)55-48(67)39(59(6)52(46)71)27-33-16-12-9-13-17-33/h9-10,12-19,21-24,31-32,37-41,43,45-46,61,63H,7-8,11,20,25-30H2,1-6H3,(H,54,62)(H,55,67)(H,56,68)(H,57,66)(H,64,65). The third-order valence-electron chi connectivity index (χ3n) is 13.3. The number of likely N-dealkylation sites (N-methyl/N-ethyl adjacent to an activating group) is 2. The van der Waals surface area contributed by atoms with E-state index >= 15 is 9.59 Å². The van der Waals surface area contributed by atoms with Gasteiger partial charge in [-0.3, -0.25) is 38.4 Å². The van der Waals surface area contributed by atoms with Crippen molar-refractivity contribution in [2.24, 2.45) is 5.92 Å². The van der Waals surface area contributed by atoms with Crippen molar-refractivity contribution in [1.82, 2.24) is 36.0 Å². The second kappa shape index (κ2) is 26.4. The number of aliphatic carboxylic acids is 1. The summed E-state index contributed by atoms with van der Waals surface area (Å²) in [6, 6.07) is 12.6. The number of hydrogen-bond donors (Lipinski definition) is 7. The molecule has 73 heavy (non-hydrogen) atoms. The summed E-state index contributed by atoms with van der Waals surface area (Å²) in [5, 5.41) is 42.0. The quantitative estimate of drug-likeness (QED) is 0.0800. The third-order valence-corrected chi connectivity index (χ3v) is 13.3. The number of hydrogen-bond acceptors (Lipinski definition) is 12. The Balaban J connectivity index is 1.66. The van der Waals surface area contributed by atoms with Crippen molar-refractivity contribution in [3.8, 4) is 5.75 Å². The maximum atomic E-state index is 15.1. The molecule has 2 heterocycles. The fourth-order valence-corrected chi connectivity index (χ4v) is 8.97. The normalized spacial score (nSPS) is 24.1. The number of nitrogens with zero attached hydrogens (tertiary/aromatic N) is 3. The zero-order valence-corrected chi connectivity index (χ0v) is 42.2. The number of unbranched alkanes of at least 4 members (excludes halogenated alkanes) is 2. The van der Waals surface area contributed by atoms with Crippen LogP contribution in [0.25, 0.3) is 0 Å². The molecule has 0 saturated carbocycles. The van der Waals surface area contributed by atoms with E-state index in [1.807, 2.05) is 6.92 Å². The van der Waals surface area contributed by atoms with Crippen LogP contribution in [0.4, 0.5) is 0 Å². The number of phenolic OH excluding ortho intramolecular Hbond substituents is 1. The van der Waals surface area contributed by atoms with E-state index in [4.69, 9.17) is 4.74 Å². The number of carbonyl (C=O) groups excluding carboxylic acids is 8. The first-order chi connectivity index (χ1) is 34.7. The predicted octanol–water partition coefficient (Wildman–Crippen LogP) is 1.98. The largest absolute Gasteiger partial charge is 0.508 e. The number of carboxylic acids is 1. The molecule has 7 amide bonds. The van der Waals surface area contributed by atoms with Gasteiger partial charge in [-0.1, -0.05) is 106 Å². The van der Waals surface area contributed by atoms with Gasteiger partial charge < -0.3 is 56.0 Å². The highest BCUT2D eigenvalue weighted by atomic mass is 16.5. The van der Waals surface area contributed by atoms with Gasteiger partial charge in [0.2, 0.25) is 41.4 Å². The van der Waals surface area contributed by atoms with Gasteiger partial charge in [-0.25, -0.2) is 4.79 Å². The summed E-state index contributed by atoms with van der Waals surface area (Å²) in [6.07, 6.45) is -2.67. The summed E-state index contributed by atoms with van der Waals surface area (Å²) in [5.41, 5.74) is 1.67. The number of aliphatic hydroxyl groups is 1. The molecule has 20 nitrogen and oxygen atoms in total.